The normalized spacial score (nSPS) is 11.8. The van der Waals surface area contributed by atoms with Crippen molar-refractivity contribution in [1.29, 1.82) is 0 Å². The van der Waals surface area contributed by atoms with Crippen molar-refractivity contribution in [3.63, 3.8) is 0 Å². The van der Waals surface area contributed by atoms with Gasteiger partial charge in [-0.25, -0.2) is 14.3 Å². The fourth-order valence-corrected chi connectivity index (χ4v) is 3.20. The van der Waals surface area contributed by atoms with Gasteiger partial charge in [-0.05, 0) is 47.4 Å². The van der Waals surface area contributed by atoms with E-state index in [2.05, 4.69) is 25.8 Å². The number of hydrogen-bond acceptors (Lipinski definition) is 2. The summed E-state index contributed by atoms with van der Waals surface area (Å²) in [6.45, 7) is 6.46. The number of aromatic nitrogens is 3. The number of para-hydroxylation sites is 3. The van der Waals surface area contributed by atoms with Gasteiger partial charge in [-0.3, -0.25) is 4.57 Å². The molecule has 26 heavy (non-hydrogen) atoms. The molecule has 0 atom stereocenters. The van der Waals surface area contributed by atoms with Crippen LogP contribution in [-0.2, 0) is 5.41 Å². The summed E-state index contributed by atoms with van der Waals surface area (Å²) in [4.78, 5) is 17.8. The molecule has 0 fully saturated rings. The molecule has 0 spiro atoms. The molecule has 0 N–H and O–H groups in total. The van der Waals surface area contributed by atoms with Crippen molar-refractivity contribution in [1.82, 2.24) is 14.1 Å². The molecule has 0 aliphatic rings. The largest absolute Gasteiger partial charge is 0.339 e. The molecule has 0 amide bonds. The summed E-state index contributed by atoms with van der Waals surface area (Å²) in [6.07, 6.45) is 1.77. The minimum atomic E-state index is -0.115. The van der Waals surface area contributed by atoms with Crippen LogP contribution in [0.3, 0.4) is 0 Å². The van der Waals surface area contributed by atoms with Gasteiger partial charge in [0.15, 0.2) is 0 Å². The zero-order valence-electron chi connectivity index (χ0n) is 15.2. The lowest BCUT2D eigenvalue weighted by atomic mass is 9.88. The van der Waals surface area contributed by atoms with Crippen molar-refractivity contribution < 1.29 is 0 Å². The molecule has 0 saturated carbocycles. The summed E-state index contributed by atoms with van der Waals surface area (Å²) in [5, 5.41) is 0. The summed E-state index contributed by atoms with van der Waals surface area (Å²) < 4.78 is 3.43. The molecule has 2 heterocycles. The summed E-state index contributed by atoms with van der Waals surface area (Å²) in [7, 11) is 0. The monoisotopic (exact) mass is 343 g/mol. The van der Waals surface area contributed by atoms with Gasteiger partial charge in [-0.15, -0.1) is 0 Å². The van der Waals surface area contributed by atoms with Gasteiger partial charge in [0.05, 0.1) is 16.7 Å². The van der Waals surface area contributed by atoms with E-state index < -0.39 is 0 Å². The Labute approximate surface area is 152 Å². The highest BCUT2D eigenvalue weighted by atomic mass is 16.1. The second kappa shape index (κ2) is 5.99. The lowest BCUT2D eigenvalue weighted by Crippen LogP contribution is -2.23. The van der Waals surface area contributed by atoms with Gasteiger partial charge in [0.2, 0.25) is 0 Å². The van der Waals surface area contributed by atoms with Crippen LogP contribution in [0.1, 0.15) is 26.3 Å². The molecular weight excluding hydrogens is 322 g/mol. The van der Waals surface area contributed by atoms with Crippen LogP contribution < -0.4 is 5.69 Å². The Bertz CT molecular complexity index is 1130. The van der Waals surface area contributed by atoms with Crippen LogP contribution in [0.15, 0.2) is 77.7 Å². The second-order valence-electron chi connectivity index (χ2n) is 7.43. The predicted octanol–water partition coefficient (Wildman–Crippen LogP) is 4.47. The zero-order valence-corrected chi connectivity index (χ0v) is 15.2. The first-order valence-corrected chi connectivity index (χ1v) is 8.71. The Morgan fingerprint density at radius 3 is 2.08 bits per heavy atom. The third kappa shape index (κ3) is 2.64. The Morgan fingerprint density at radius 2 is 1.42 bits per heavy atom. The molecule has 0 bridgehead atoms. The van der Waals surface area contributed by atoms with Gasteiger partial charge in [-0.1, -0.05) is 51.1 Å². The van der Waals surface area contributed by atoms with Crippen molar-refractivity contribution in [2.75, 3.05) is 0 Å². The smallest absolute Gasteiger partial charge is 0.260 e. The molecule has 0 aliphatic heterocycles. The quantitative estimate of drug-likeness (QED) is 0.538. The van der Waals surface area contributed by atoms with Crippen molar-refractivity contribution in [3.8, 4) is 11.5 Å². The van der Waals surface area contributed by atoms with E-state index in [1.54, 1.807) is 15.3 Å². The third-order valence-corrected chi connectivity index (χ3v) is 4.60. The minimum Gasteiger partial charge on any atom is -0.260 e. The van der Waals surface area contributed by atoms with Crippen LogP contribution in [0.5, 0.6) is 0 Å². The van der Waals surface area contributed by atoms with E-state index in [0.29, 0.717) is 5.82 Å². The molecule has 0 unspecified atom stereocenters. The van der Waals surface area contributed by atoms with Crippen LogP contribution in [0.25, 0.3) is 22.5 Å². The lowest BCUT2D eigenvalue weighted by molar-refractivity contribution is 0.588. The van der Waals surface area contributed by atoms with Crippen LogP contribution in [0, 0.1) is 0 Å². The summed E-state index contributed by atoms with van der Waals surface area (Å²) in [5.74, 6) is 0.647. The van der Waals surface area contributed by atoms with Gasteiger partial charge in [0.25, 0.3) is 0 Å². The number of pyridine rings is 1. The van der Waals surface area contributed by atoms with Crippen molar-refractivity contribution in [3.05, 3.63) is 89.0 Å². The number of benzene rings is 2. The fourth-order valence-electron chi connectivity index (χ4n) is 3.20. The number of hydrogen-bond donors (Lipinski definition) is 0. The molecule has 4 heteroatoms. The van der Waals surface area contributed by atoms with Crippen LogP contribution in [0.2, 0.25) is 0 Å². The van der Waals surface area contributed by atoms with E-state index in [9.17, 15) is 4.79 Å². The highest BCUT2D eigenvalue weighted by Gasteiger charge is 2.19. The molecule has 2 aromatic heterocycles. The molecular formula is C22H21N3O. The first-order chi connectivity index (χ1) is 12.5. The average Bonchev–Trinajstić information content (AvgIpc) is 2.93. The number of imidazole rings is 1. The Morgan fingerprint density at radius 1 is 0.808 bits per heavy atom. The number of nitrogens with zero attached hydrogens (tertiary/aromatic N) is 3. The molecule has 4 rings (SSSR count). The average molecular weight is 343 g/mol. The first-order valence-electron chi connectivity index (χ1n) is 8.71. The summed E-state index contributed by atoms with van der Waals surface area (Å²) in [6, 6.07) is 21.5. The molecule has 0 saturated heterocycles. The van der Waals surface area contributed by atoms with Crippen LogP contribution in [0.4, 0.5) is 0 Å². The van der Waals surface area contributed by atoms with Crippen molar-refractivity contribution >= 4 is 11.0 Å². The van der Waals surface area contributed by atoms with Gasteiger partial charge < -0.3 is 0 Å². The maximum atomic E-state index is 13.3. The van der Waals surface area contributed by atoms with Crippen molar-refractivity contribution in [2.45, 2.75) is 26.2 Å². The fraction of sp³-hybridized carbons (Fsp3) is 0.182. The first kappa shape index (κ1) is 16.3. The maximum Gasteiger partial charge on any atom is 0.339 e. The molecule has 130 valence electrons. The molecule has 4 nitrogen and oxygen atoms in total. The summed E-state index contributed by atoms with van der Waals surface area (Å²) in [5.41, 5.74) is 3.58. The van der Waals surface area contributed by atoms with Gasteiger partial charge >= 0.3 is 5.69 Å². The van der Waals surface area contributed by atoms with Crippen LogP contribution in [-0.4, -0.2) is 14.1 Å². The van der Waals surface area contributed by atoms with Gasteiger partial charge in [-0.2, -0.15) is 0 Å². The highest BCUT2D eigenvalue weighted by Crippen LogP contribution is 2.25. The van der Waals surface area contributed by atoms with Crippen LogP contribution >= 0.6 is 0 Å². The Hall–Kier alpha value is -3.14. The van der Waals surface area contributed by atoms with E-state index in [0.717, 1.165) is 22.3 Å². The van der Waals surface area contributed by atoms with Crippen molar-refractivity contribution in [2.24, 2.45) is 0 Å². The van der Waals surface area contributed by atoms with E-state index in [1.165, 1.54) is 0 Å². The molecule has 0 aliphatic carbocycles. The maximum absolute atomic E-state index is 13.3. The molecule has 2 aromatic carbocycles. The van der Waals surface area contributed by atoms with E-state index >= 15 is 0 Å². The predicted molar refractivity (Wildman–Crippen MR) is 105 cm³/mol. The van der Waals surface area contributed by atoms with E-state index in [4.69, 9.17) is 0 Å². The number of fused-ring (bicyclic) bond motifs is 1. The van der Waals surface area contributed by atoms with Gasteiger partial charge in [0.1, 0.15) is 5.82 Å². The number of rotatable bonds is 2. The molecule has 0 radical (unpaired) electrons. The molecule has 4 aromatic rings. The Kier molecular flexibility index (Phi) is 3.76. The van der Waals surface area contributed by atoms with E-state index in [-0.39, 0.29) is 11.1 Å². The Balaban J connectivity index is 2.04. The second-order valence-corrected chi connectivity index (χ2v) is 7.43. The highest BCUT2D eigenvalue weighted by molar-refractivity contribution is 5.79. The lowest BCUT2D eigenvalue weighted by Gasteiger charge is -2.19. The minimum absolute atomic E-state index is 0.0148. The topological polar surface area (TPSA) is 39.8 Å². The SMILES string of the molecule is CC(C)(C)c1ccnc(-n2c(=O)n(-c3ccccc3)c3ccccc32)c1. The summed E-state index contributed by atoms with van der Waals surface area (Å²) >= 11 is 0. The standard InChI is InChI=1S/C22H21N3O/c1-22(2,3)16-13-14-23-20(15-16)25-19-12-8-7-11-18(19)24(21(25)26)17-9-5-4-6-10-17/h4-15H,1-3H3. The van der Waals surface area contributed by atoms with E-state index in [1.807, 2.05) is 66.7 Å². The zero-order chi connectivity index (χ0) is 18.3. The van der Waals surface area contributed by atoms with Gasteiger partial charge in [0, 0.05) is 6.20 Å². The third-order valence-electron chi connectivity index (χ3n) is 4.60.